The minimum absolute atomic E-state index is 0.0126. The van der Waals surface area contributed by atoms with Gasteiger partial charge < -0.3 is 10.1 Å². The lowest BCUT2D eigenvalue weighted by Gasteiger charge is -2.31. The Kier molecular flexibility index (Phi) is 7.75. The summed E-state index contributed by atoms with van der Waals surface area (Å²) in [6.45, 7) is 4.61. The smallest absolute Gasteiger partial charge is 0.258 e. The zero-order valence-corrected chi connectivity index (χ0v) is 17.3. The molecule has 28 heavy (non-hydrogen) atoms. The molecule has 1 aliphatic heterocycles. The number of amides is 1. The quantitative estimate of drug-likeness (QED) is 0.728. The van der Waals surface area contributed by atoms with Crippen LogP contribution in [0.25, 0.3) is 0 Å². The molecule has 1 amide bonds. The number of hydrogen-bond donors (Lipinski definition) is 1. The van der Waals surface area contributed by atoms with E-state index in [1.165, 1.54) is 25.7 Å². The van der Waals surface area contributed by atoms with E-state index in [0.717, 1.165) is 29.2 Å². The van der Waals surface area contributed by atoms with Gasteiger partial charge in [0, 0.05) is 11.6 Å². The van der Waals surface area contributed by atoms with Gasteiger partial charge in [-0.15, -0.1) is 0 Å². The van der Waals surface area contributed by atoms with E-state index in [9.17, 15) is 4.79 Å². The summed E-state index contributed by atoms with van der Waals surface area (Å²) >= 11 is 6.49. The van der Waals surface area contributed by atoms with Crippen molar-refractivity contribution >= 4 is 17.5 Å². The van der Waals surface area contributed by atoms with E-state index in [1.54, 1.807) is 0 Å². The van der Waals surface area contributed by atoms with Crippen LogP contribution in [-0.4, -0.2) is 37.0 Å². The number of nitrogens with one attached hydrogen (secondary N) is 1. The maximum absolute atomic E-state index is 12.4. The minimum atomic E-state index is -0.117. The van der Waals surface area contributed by atoms with E-state index in [0.29, 0.717) is 12.3 Å². The first-order valence-corrected chi connectivity index (χ1v) is 10.5. The Morgan fingerprint density at radius 3 is 2.57 bits per heavy atom. The number of nitrogens with zero attached hydrogens (tertiary/aromatic N) is 1. The second-order valence-electron chi connectivity index (χ2n) is 7.40. The second-order valence-corrected chi connectivity index (χ2v) is 7.80. The zero-order chi connectivity index (χ0) is 19.8. The second kappa shape index (κ2) is 10.5. The number of rotatable bonds is 7. The number of likely N-dealkylation sites (tertiary alicyclic amines) is 1. The van der Waals surface area contributed by atoms with Gasteiger partial charge in [-0.1, -0.05) is 54.8 Å². The third kappa shape index (κ3) is 5.98. The highest BCUT2D eigenvalue weighted by Crippen LogP contribution is 2.29. The molecule has 1 aliphatic rings. The van der Waals surface area contributed by atoms with Crippen LogP contribution >= 0.6 is 11.6 Å². The van der Waals surface area contributed by atoms with Crippen molar-refractivity contribution in [3.05, 3.63) is 64.7 Å². The largest absolute Gasteiger partial charge is 0.484 e. The van der Waals surface area contributed by atoms with E-state index in [-0.39, 0.29) is 18.6 Å². The minimum Gasteiger partial charge on any atom is -0.484 e. The molecule has 5 heteroatoms. The fourth-order valence-electron chi connectivity index (χ4n) is 3.70. The van der Waals surface area contributed by atoms with Crippen molar-refractivity contribution in [2.45, 2.75) is 38.6 Å². The Morgan fingerprint density at radius 1 is 1.11 bits per heavy atom. The van der Waals surface area contributed by atoms with Crippen LogP contribution in [0.15, 0.2) is 48.5 Å². The Morgan fingerprint density at radius 2 is 1.86 bits per heavy atom. The molecule has 1 atom stereocenters. The lowest BCUT2D eigenvalue weighted by atomic mass is 10.0. The van der Waals surface area contributed by atoms with Crippen LogP contribution in [0, 0.1) is 6.92 Å². The van der Waals surface area contributed by atoms with Gasteiger partial charge in [0.1, 0.15) is 5.75 Å². The van der Waals surface area contributed by atoms with Gasteiger partial charge in [0.05, 0.1) is 6.04 Å². The Balaban J connectivity index is 1.62. The lowest BCUT2D eigenvalue weighted by molar-refractivity contribution is -0.123. The maximum atomic E-state index is 12.4. The molecule has 4 nitrogen and oxygen atoms in total. The highest BCUT2D eigenvalue weighted by molar-refractivity contribution is 6.31. The number of aryl methyl sites for hydroxylation is 1. The van der Waals surface area contributed by atoms with Crippen molar-refractivity contribution < 1.29 is 9.53 Å². The molecule has 1 N–H and O–H groups in total. The molecule has 0 saturated carbocycles. The van der Waals surface area contributed by atoms with Crippen molar-refractivity contribution in [3.8, 4) is 5.75 Å². The summed E-state index contributed by atoms with van der Waals surface area (Å²) in [5.41, 5.74) is 2.18. The first-order valence-electron chi connectivity index (χ1n) is 10.1. The summed E-state index contributed by atoms with van der Waals surface area (Å²) in [4.78, 5) is 14.8. The molecular formula is C23H29ClN2O2. The van der Waals surface area contributed by atoms with Gasteiger partial charge in [0.15, 0.2) is 6.61 Å². The number of ether oxygens (including phenoxy) is 1. The first-order chi connectivity index (χ1) is 13.6. The summed E-state index contributed by atoms with van der Waals surface area (Å²) in [5, 5.41) is 3.80. The summed E-state index contributed by atoms with van der Waals surface area (Å²) in [7, 11) is 0. The molecule has 2 aromatic carbocycles. The van der Waals surface area contributed by atoms with Gasteiger partial charge in [-0.3, -0.25) is 9.69 Å². The summed E-state index contributed by atoms with van der Waals surface area (Å²) in [5.74, 6) is 0.596. The molecule has 2 aromatic rings. The van der Waals surface area contributed by atoms with Crippen molar-refractivity contribution in [1.29, 1.82) is 0 Å². The Bertz CT molecular complexity index is 773. The van der Waals surface area contributed by atoms with Crippen LogP contribution in [-0.2, 0) is 4.79 Å². The highest BCUT2D eigenvalue weighted by Gasteiger charge is 2.24. The molecular weight excluding hydrogens is 372 g/mol. The van der Waals surface area contributed by atoms with Crippen molar-refractivity contribution in [1.82, 2.24) is 10.2 Å². The average Bonchev–Trinajstić information content (AvgIpc) is 2.97. The SMILES string of the molecule is Cc1cccc(OCC(=O)NCC(c2ccccc2Cl)N2CCCCCC2)c1. The van der Waals surface area contributed by atoms with E-state index in [1.807, 2.05) is 49.4 Å². The molecule has 0 bridgehead atoms. The lowest BCUT2D eigenvalue weighted by Crippen LogP contribution is -2.40. The summed E-state index contributed by atoms with van der Waals surface area (Å²) in [6.07, 6.45) is 4.90. The van der Waals surface area contributed by atoms with E-state index < -0.39 is 0 Å². The fraction of sp³-hybridized carbons (Fsp3) is 0.435. The number of benzene rings is 2. The Labute approximate surface area is 172 Å². The summed E-state index contributed by atoms with van der Waals surface area (Å²) in [6, 6.07) is 15.7. The van der Waals surface area contributed by atoms with Gasteiger partial charge >= 0.3 is 0 Å². The summed E-state index contributed by atoms with van der Waals surface area (Å²) < 4.78 is 5.62. The average molecular weight is 401 g/mol. The molecule has 0 radical (unpaired) electrons. The fourth-order valence-corrected chi connectivity index (χ4v) is 3.97. The number of hydrogen-bond acceptors (Lipinski definition) is 3. The highest BCUT2D eigenvalue weighted by atomic mass is 35.5. The van der Waals surface area contributed by atoms with Crippen molar-refractivity contribution in [3.63, 3.8) is 0 Å². The molecule has 0 spiro atoms. The predicted molar refractivity (Wildman–Crippen MR) is 114 cm³/mol. The molecule has 0 aliphatic carbocycles. The zero-order valence-electron chi connectivity index (χ0n) is 16.5. The van der Waals surface area contributed by atoms with Crippen LogP contribution in [0.5, 0.6) is 5.75 Å². The molecule has 1 heterocycles. The van der Waals surface area contributed by atoms with Gasteiger partial charge in [0.2, 0.25) is 0 Å². The van der Waals surface area contributed by atoms with E-state index >= 15 is 0 Å². The topological polar surface area (TPSA) is 41.6 Å². The van der Waals surface area contributed by atoms with Gasteiger partial charge in [-0.25, -0.2) is 0 Å². The third-order valence-electron chi connectivity index (χ3n) is 5.20. The number of carbonyl (C=O) groups excluding carboxylic acids is 1. The molecule has 1 saturated heterocycles. The van der Waals surface area contributed by atoms with Gasteiger partial charge in [0.25, 0.3) is 5.91 Å². The van der Waals surface area contributed by atoms with Crippen LogP contribution < -0.4 is 10.1 Å². The normalized spacial score (nSPS) is 16.2. The third-order valence-corrected chi connectivity index (χ3v) is 5.54. The van der Waals surface area contributed by atoms with Crippen LogP contribution in [0.4, 0.5) is 0 Å². The number of halogens is 1. The molecule has 0 aromatic heterocycles. The molecule has 1 unspecified atom stereocenters. The maximum Gasteiger partial charge on any atom is 0.258 e. The standard InChI is InChI=1S/C23H29ClN2O2/c1-18-9-8-10-19(15-18)28-17-23(27)25-16-22(20-11-4-5-12-21(20)24)26-13-6-2-3-7-14-26/h4-5,8-12,15,22H,2-3,6-7,13-14,16-17H2,1H3,(H,25,27). The van der Waals surface area contributed by atoms with Gasteiger partial charge in [-0.2, -0.15) is 0 Å². The van der Waals surface area contributed by atoms with Gasteiger partial charge in [-0.05, 0) is 62.2 Å². The first kappa shape index (κ1) is 20.7. The molecule has 1 fully saturated rings. The molecule has 3 rings (SSSR count). The van der Waals surface area contributed by atoms with Crippen molar-refractivity contribution in [2.24, 2.45) is 0 Å². The predicted octanol–water partition coefficient (Wildman–Crippen LogP) is 4.76. The monoisotopic (exact) mass is 400 g/mol. The van der Waals surface area contributed by atoms with Crippen LogP contribution in [0.2, 0.25) is 5.02 Å². The number of carbonyl (C=O) groups is 1. The molecule has 150 valence electrons. The van der Waals surface area contributed by atoms with Crippen LogP contribution in [0.3, 0.4) is 0 Å². The Hall–Kier alpha value is -2.04. The van der Waals surface area contributed by atoms with Crippen molar-refractivity contribution in [2.75, 3.05) is 26.2 Å². The van der Waals surface area contributed by atoms with Crippen LogP contribution in [0.1, 0.15) is 42.9 Å². The van der Waals surface area contributed by atoms with E-state index in [2.05, 4.69) is 16.3 Å². The van der Waals surface area contributed by atoms with E-state index in [4.69, 9.17) is 16.3 Å².